The summed E-state index contributed by atoms with van der Waals surface area (Å²) in [6.45, 7) is 11.2. The topological polar surface area (TPSA) is 105 Å². The number of hydrogen-bond donors (Lipinski definition) is 1. The van der Waals surface area contributed by atoms with Gasteiger partial charge in [0, 0.05) is 37.3 Å². The van der Waals surface area contributed by atoms with Gasteiger partial charge in [0.1, 0.15) is 18.4 Å². The number of rotatable bonds is 9. The summed E-state index contributed by atoms with van der Waals surface area (Å²) in [6, 6.07) is 12.5. The molecule has 1 atom stereocenters. The molecule has 0 unspecified atom stereocenters. The van der Waals surface area contributed by atoms with E-state index in [1.165, 1.54) is 16.9 Å². The fraction of sp³-hybridized carbons (Fsp3) is 0.464. The van der Waals surface area contributed by atoms with Gasteiger partial charge in [-0.05, 0) is 62.7 Å². The molecule has 1 fully saturated rings. The monoisotopic (exact) mass is 537 g/mol. The Balaban J connectivity index is 1.62. The summed E-state index contributed by atoms with van der Waals surface area (Å²) in [5, 5.41) is 15.5. The van der Waals surface area contributed by atoms with E-state index in [0.717, 1.165) is 24.2 Å². The molecule has 1 aliphatic rings. The molecule has 10 nitrogen and oxygen atoms in total. The summed E-state index contributed by atoms with van der Waals surface area (Å²) in [5.41, 5.74) is 1.87. The van der Waals surface area contributed by atoms with Crippen LogP contribution in [0, 0.1) is 12.7 Å². The quantitative estimate of drug-likeness (QED) is 0.447. The minimum atomic E-state index is -0.849. The van der Waals surface area contributed by atoms with Gasteiger partial charge in [-0.1, -0.05) is 29.8 Å². The molecule has 39 heavy (non-hydrogen) atoms. The Morgan fingerprint density at radius 1 is 1.08 bits per heavy atom. The second-order valence-electron chi connectivity index (χ2n) is 10.7. The van der Waals surface area contributed by atoms with E-state index in [1.54, 1.807) is 17.0 Å². The number of tetrazole rings is 1. The van der Waals surface area contributed by atoms with Gasteiger partial charge in [-0.25, -0.2) is 4.39 Å². The van der Waals surface area contributed by atoms with Crippen LogP contribution in [0.5, 0.6) is 0 Å². The zero-order valence-electron chi connectivity index (χ0n) is 22.9. The third-order valence-electron chi connectivity index (χ3n) is 6.36. The third-order valence-corrected chi connectivity index (χ3v) is 6.36. The average Bonchev–Trinajstić information content (AvgIpc) is 3.35. The molecule has 0 bridgehead atoms. The van der Waals surface area contributed by atoms with E-state index in [4.69, 9.17) is 4.74 Å². The Morgan fingerprint density at radius 3 is 2.38 bits per heavy atom. The van der Waals surface area contributed by atoms with Gasteiger partial charge < -0.3 is 15.0 Å². The lowest BCUT2D eigenvalue weighted by atomic mass is 10.0. The molecule has 208 valence electrons. The fourth-order valence-electron chi connectivity index (χ4n) is 4.37. The predicted octanol–water partition coefficient (Wildman–Crippen LogP) is 2.60. The molecule has 3 aromatic rings. The lowest BCUT2D eigenvalue weighted by Gasteiger charge is -2.35. The Bertz CT molecular complexity index is 1250. The Labute approximate surface area is 228 Å². The first-order valence-electron chi connectivity index (χ1n) is 13.1. The summed E-state index contributed by atoms with van der Waals surface area (Å²) in [7, 11) is 0. The molecule has 1 aliphatic heterocycles. The number of carbonyl (C=O) groups excluding carboxylic acids is 2. The molecule has 0 aliphatic carbocycles. The van der Waals surface area contributed by atoms with Crippen LogP contribution in [0.4, 0.5) is 4.39 Å². The molecule has 0 radical (unpaired) electrons. The average molecular weight is 538 g/mol. The standard InChI is InChI=1S/C28H36FN7O3/c1-20-5-7-21(8-6-20)25(27(38)30-28(2,3)4)35(14-13-34-15-17-39-18-16-34)24(37)19-36-32-26(31-33-36)22-9-11-23(29)12-10-22/h5-12,25H,13-19H2,1-4H3,(H,30,38)/t25-/m0/s1. The highest BCUT2D eigenvalue weighted by molar-refractivity contribution is 5.89. The van der Waals surface area contributed by atoms with Gasteiger partial charge in [0.15, 0.2) is 0 Å². The maximum Gasteiger partial charge on any atom is 0.247 e. The van der Waals surface area contributed by atoms with Crippen molar-refractivity contribution in [2.24, 2.45) is 0 Å². The van der Waals surface area contributed by atoms with E-state index in [0.29, 0.717) is 31.9 Å². The largest absolute Gasteiger partial charge is 0.379 e. The lowest BCUT2D eigenvalue weighted by molar-refractivity contribution is -0.142. The number of amides is 2. The first-order valence-corrected chi connectivity index (χ1v) is 13.1. The Kier molecular flexibility index (Phi) is 9.03. The van der Waals surface area contributed by atoms with Crippen molar-refractivity contribution in [1.82, 2.24) is 35.3 Å². The van der Waals surface area contributed by atoms with Crippen LogP contribution in [-0.2, 0) is 20.9 Å². The summed E-state index contributed by atoms with van der Waals surface area (Å²) >= 11 is 0. The zero-order chi connectivity index (χ0) is 28.0. The van der Waals surface area contributed by atoms with Crippen LogP contribution in [0.25, 0.3) is 11.4 Å². The summed E-state index contributed by atoms with van der Waals surface area (Å²) in [4.78, 5) is 32.6. The highest BCUT2D eigenvalue weighted by Gasteiger charge is 2.34. The number of carbonyl (C=O) groups is 2. The maximum absolute atomic E-state index is 13.9. The van der Waals surface area contributed by atoms with Crippen LogP contribution in [0.15, 0.2) is 48.5 Å². The van der Waals surface area contributed by atoms with Gasteiger partial charge in [-0.2, -0.15) is 4.80 Å². The maximum atomic E-state index is 13.9. The van der Waals surface area contributed by atoms with E-state index < -0.39 is 11.6 Å². The highest BCUT2D eigenvalue weighted by Crippen LogP contribution is 2.24. The van der Waals surface area contributed by atoms with Crippen LogP contribution in [0.1, 0.15) is 37.9 Å². The van der Waals surface area contributed by atoms with E-state index in [-0.39, 0.29) is 30.0 Å². The highest BCUT2D eigenvalue weighted by atomic mass is 19.1. The number of morpholine rings is 1. The minimum absolute atomic E-state index is 0.206. The number of aryl methyl sites for hydroxylation is 1. The SMILES string of the molecule is Cc1ccc([C@@H](C(=O)NC(C)(C)C)N(CCN2CCOCC2)C(=O)Cn2nnc(-c3ccc(F)cc3)n2)cc1. The van der Waals surface area contributed by atoms with Gasteiger partial charge in [0.05, 0.1) is 13.2 Å². The van der Waals surface area contributed by atoms with Crippen LogP contribution in [0.2, 0.25) is 0 Å². The molecule has 0 saturated carbocycles. The van der Waals surface area contributed by atoms with Gasteiger partial charge in [0.2, 0.25) is 17.6 Å². The van der Waals surface area contributed by atoms with E-state index in [2.05, 4.69) is 25.6 Å². The van der Waals surface area contributed by atoms with Crippen molar-refractivity contribution < 1.29 is 18.7 Å². The van der Waals surface area contributed by atoms with Crippen LogP contribution in [-0.4, -0.2) is 86.8 Å². The fourth-order valence-corrected chi connectivity index (χ4v) is 4.37. The second kappa shape index (κ2) is 12.4. The summed E-state index contributed by atoms with van der Waals surface area (Å²) in [6.07, 6.45) is 0. The third kappa shape index (κ3) is 7.90. The first-order chi connectivity index (χ1) is 18.6. The van der Waals surface area contributed by atoms with E-state index >= 15 is 0 Å². The van der Waals surface area contributed by atoms with Crippen LogP contribution < -0.4 is 5.32 Å². The van der Waals surface area contributed by atoms with Gasteiger partial charge >= 0.3 is 0 Å². The first kappa shape index (κ1) is 28.3. The predicted molar refractivity (Wildman–Crippen MR) is 144 cm³/mol. The Hall–Kier alpha value is -3.70. The number of benzene rings is 2. The van der Waals surface area contributed by atoms with Crippen molar-refractivity contribution in [3.8, 4) is 11.4 Å². The number of halogens is 1. The number of hydrogen-bond acceptors (Lipinski definition) is 7. The molecule has 2 heterocycles. The minimum Gasteiger partial charge on any atom is -0.379 e. The van der Waals surface area contributed by atoms with Gasteiger partial charge in [-0.3, -0.25) is 14.5 Å². The summed E-state index contributed by atoms with van der Waals surface area (Å²) in [5.74, 6) is -0.669. The van der Waals surface area contributed by atoms with Crippen molar-refractivity contribution >= 4 is 11.8 Å². The molecule has 2 amide bonds. The second-order valence-corrected chi connectivity index (χ2v) is 10.7. The number of aromatic nitrogens is 4. The smallest absolute Gasteiger partial charge is 0.247 e. The number of ether oxygens (including phenoxy) is 1. The molecule has 1 N–H and O–H groups in total. The van der Waals surface area contributed by atoms with Crippen molar-refractivity contribution in [2.45, 2.75) is 45.8 Å². The number of nitrogens with zero attached hydrogens (tertiary/aromatic N) is 6. The normalized spacial score (nSPS) is 15.1. The van der Waals surface area contributed by atoms with E-state index in [9.17, 15) is 14.0 Å². The molecule has 1 aromatic heterocycles. The van der Waals surface area contributed by atoms with Crippen LogP contribution in [0.3, 0.4) is 0 Å². The van der Waals surface area contributed by atoms with Crippen molar-refractivity contribution in [2.75, 3.05) is 39.4 Å². The lowest BCUT2D eigenvalue weighted by Crippen LogP contribution is -2.52. The van der Waals surface area contributed by atoms with Crippen molar-refractivity contribution in [3.05, 3.63) is 65.5 Å². The summed E-state index contributed by atoms with van der Waals surface area (Å²) < 4.78 is 18.8. The van der Waals surface area contributed by atoms with Gasteiger partial charge in [0.25, 0.3) is 0 Å². The van der Waals surface area contributed by atoms with Crippen molar-refractivity contribution in [3.63, 3.8) is 0 Å². The number of nitrogens with one attached hydrogen (secondary N) is 1. The van der Waals surface area contributed by atoms with Crippen molar-refractivity contribution in [1.29, 1.82) is 0 Å². The Morgan fingerprint density at radius 2 is 1.74 bits per heavy atom. The molecular weight excluding hydrogens is 501 g/mol. The van der Waals surface area contributed by atoms with E-state index in [1.807, 2.05) is 52.0 Å². The molecule has 4 rings (SSSR count). The molecule has 1 saturated heterocycles. The molecular formula is C28H36FN7O3. The van der Waals surface area contributed by atoms with Gasteiger partial charge in [-0.15, -0.1) is 10.2 Å². The molecule has 0 spiro atoms. The van der Waals surface area contributed by atoms with Crippen LogP contribution >= 0.6 is 0 Å². The zero-order valence-corrected chi connectivity index (χ0v) is 22.9. The molecule has 2 aromatic carbocycles. The molecule has 11 heteroatoms.